The highest BCUT2D eigenvalue weighted by molar-refractivity contribution is 7.91. The number of aliphatic carboxylic acids is 1. The van der Waals surface area contributed by atoms with Crippen LogP contribution in [0, 0.1) is 56.7 Å². The van der Waals surface area contributed by atoms with Gasteiger partial charge >= 0.3 is 11.9 Å². The lowest BCUT2D eigenvalue weighted by atomic mass is 9.32. The Balaban J connectivity index is 1.20. The number of rotatable bonds is 9. The minimum Gasteiger partial charge on any atom is -0.481 e. The van der Waals surface area contributed by atoms with E-state index in [-0.39, 0.29) is 57.2 Å². The Morgan fingerprint density at radius 1 is 0.900 bits per heavy atom. The lowest BCUT2D eigenvalue weighted by Crippen LogP contribution is -2.69. The zero-order valence-corrected chi connectivity index (χ0v) is 33.4. The van der Waals surface area contributed by atoms with E-state index < -0.39 is 21.2 Å². The van der Waals surface area contributed by atoms with E-state index in [1.165, 1.54) is 50.5 Å². The lowest BCUT2D eigenvalue weighted by molar-refractivity contribution is -0.246. The summed E-state index contributed by atoms with van der Waals surface area (Å²) < 4.78 is 30.2. The molecule has 9 heteroatoms. The zero-order valence-electron chi connectivity index (χ0n) is 32.5. The van der Waals surface area contributed by atoms with Crippen molar-refractivity contribution in [1.82, 2.24) is 10.2 Å². The number of ether oxygens (including phenoxy) is 1. The van der Waals surface area contributed by atoms with Gasteiger partial charge in [-0.2, -0.15) is 0 Å². The summed E-state index contributed by atoms with van der Waals surface area (Å²) in [6.07, 6.45) is 11.3. The molecule has 10 atom stereocenters. The number of hydrogen-bond acceptors (Lipinski definition) is 7. The van der Waals surface area contributed by atoms with Crippen molar-refractivity contribution in [3.8, 4) is 0 Å². The molecule has 0 bridgehead atoms. The molecule has 6 rings (SSSR count). The van der Waals surface area contributed by atoms with E-state index in [1.807, 2.05) is 0 Å². The Morgan fingerprint density at radius 3 is 2.22 bits per heavy atom. The molecule has 0 aromatic heterocycles. The van der Waals surface area contributed by atoms with Crippen LogP contribution in [0.2, 0.25) is 0 Å². The molecule has 0 amide bonds. The van der Waals surface area contributed by atoms with Crippen LogP contribution in [-0.4, -0.2) is 79.7 Å². The van der Waals surface area contributed by atoms with Crippen molar-refractivity contribution >= 4 is 21.8 Å². The van der Waals surface area contributed by atoms with Crippen molar-refractivity contribution in [3.05, 3.63) is 12.2 Å². The predicted octanol–water partition coefficient (Wildman–Crippen LogP) is 7.13. The van der Waals surface area contributed by atoms with Crippen LogP contribution < -0.4 is 5.32 Å². The molecule has 1 saturated heterocycles. The molecule has 0 unspecified atom stereocenters. The first-order valence-electron chi connectivity index (χ1n) is 19.9. The molecular formula is C41H68N2O6S. The molecule has 0 aromatic carbocycles. The monoisotopic (exact) mass is 716 g/mol. The zero-order chi connectivity index (χ0) is 36.7. The number of esters is 1. The van der Waals surface area contributed by atoms with E-state index in [0.717, 1.165) is 32.4 Å². The van der Waals surface area contributed by atoms with Crippen molar-refractivity contribution in [3.63, 3.8) is 0 Å². The Labute approximate surface area is 303 Å². The van der Waals surface area contributed by atoms with Gasteiger partial charge in [-0.3, -0.25) is 9.59 Å². The van der Waals surface area contributed by atoms with E-state index in [0.29, 0.717) is 42.7 Å². The van der Waals surface area contributed by atoms with Crippen LogP contribution in [0.25, 0.3) is 0 Å². The van der Waals surface area contributed by atoms with Crippen LogP contribution in [0.1, 0.15) is 126 Å². The average Bonchev–Trinajstić information content (AvgIpc) is 3.39. The molecule has 0 radical (unpaired) electrons. The number of nitrogens with zero attached hydrogens (tertiary/aromatic N) is 1. The molecule has 8 nitrogen and oxygen atoms in total. The maximum absolute atomic E-state index is 13.1. The highest BCUT2D eigenvalue weighted by Gasteiger charge is 2.71. The fraction of sp³-hybridized carbons (Fsp3) is 0.902. The second-order valence-electron chi connectivity index (χ2n) is 20.0. The number of carboxylic acid groups (broad SMARTS) is 1. The summed E-state index contributed by atoms with van der Waals surface area (Å²) in [6, 6.07) is 0. The number of hydrogen-bond donors (Lipinski definition) is 2. The first-order valence-corrected chi connectivity index (χ1v) is 21.7. The van der Waals surface area contributed by atoms with Gasteiger partial charge in [-0.25, -0.2) is 8.42 Å². The third-order valence-electron chi connectivity index (χ3n) is 16.8. The van der Waals surface area contributed by atoms with E-state index in [4.69, 9.17) is 4.74 Å². The van der Waals surface area contributed by atoms with Gasteiger partial charge in [0.05, 0.1) is 23.3 Å². The Bertz CT molecular complexity index is 1460. The molecule has 284 valence electrons. The lowest BCUT2D eigenvalue weighted by Gasteiger charge is -2.73. The van der Waals surface area contributed by atoms with Crippen molar-refractivity contribution in [2.24, 2.45) is 56.7 Å². The van der Waals surface area contributed by atoms with E-state index >= 15 is 0 Å². The number of fused-ring (bicyclic) bond motifs is 7. The minimum absolute atomic E-state index is 0.109. The van der Waals surface area contributed by atoms with Crippen LogP contribution in [0.15, 0.2) is 12.2 Å². The number of carbonyl (C=O) groups is 2. The summed E-state index contributed by atoms with van der Waals surface area (Å²) in [7, 11) is -2.87. The molecule has 5 saturated carbocycles. The Morgan fingerprint density at radius 2 is 1.58 bits per heavy atom. The van der Waals surface area contributed by atoms with Crippen molar-refractivity contribution < 1.29 is 27.9 Å². The van der Waals surface area contributed by atoms with E-state index in [1.54, 1.807) is 13.8 Å². The maximum atomic E-state index is 13.1. The molecule has 0 aromatic rings. The number of allylic oxidation sites excluding steroid dienone is 1. The average molecular weight is 717 g/mol. The number of nitrogens with one attached hydrogen (secondary N) is 1. The first kappa shape index (κ1) is 38.3. The van der Waals surface area contributed by atoms with Gasteiger partial charge < -0.3 is 20.1 Å². The molecular weight excluding hydrogens is 649 g/mol. The summed E-state index contributed by atoms with van der Waals surface area (Å²) in [5, 5.41) is 13.8. The smallest absolute Gasteiger partial charge is 0.309 e. The third-order valence-corrected chi connectivity index (χ3v) is 18.4. The molecule has 5 aliphatic carbocycles. The molecule has 1 heterocycles. The minimum atomic E-state index is -2.87. The SMILES string of the molecule is C=C(C)[C@@H]1CC[C@]2(NCCN3CCS(=O)(=O)CC3)CC[C@]3(C)[C@H](CC[C@@H]4[C@@]5(C)CC[C@H](OC(=O)CC(C)(C)C(=O)O)C(C)(C)[C@@H]5CC[C@]43C)[C@@H]12. The highest BCUT2D eigenvalue weighted by Crippen LogP contribution is 2.76. The quantitative estimate of drug-likeness (QED) is 0.192. The van der Waals surface area contributed by atoms with Crippen LogP contribution in [-0.2, 0) is 24.2 Å². The summed E-state index contributed by atoms with van der Waals surface area (Å²) in [5.74, 6) is 2.00. The fourth-order valence-electron chi connectivity index (χ4n) is 13.7. The predicted molar refractivity (Wildman–Crippen MR) is 198 cm³/mol. The maximum Gasteiger partial charge on any atom is 0.309 e. The van der Waals surface area contributed by atoms with Crippen LogP contribution in [0.3, 0.4) is 0 Å². The van der Waals surface area contributed by atoms with Gasteiger partial charge in [-0.15, -0.1) is 0 Å². The largest absolute Gasteiger partial charge is 0.481 e. The van der Waals surface area contributed by atoms with Crippen molar-refractivity contribution in [2.75, 3.05) is 37.7 Å². The molecule has 6 fully saturated rings. The molecule has 1 aliphatic heterocycles. The summed E-state index contributed by atoms with van der Waals surface area (Å²) in [6.45, 7) is 25.7. The molecule has 6 aliphatic rings. The van der Waals surface area contributed by atoms with Crippen LogP contribution in [0.4, 0.5) is 0 Å². The second kappa shape index (κ2) is 12.8. The standard InChI is InChI=1S/C41H68N2O6S/c1-27(2)28-12-17-41(42-20-21-43-22-24-50(47,48)25-23-43)19-18-39(8)29(34(28)41)10-11-31-38(7)15-14-32(49-33(44)26-36(3,4)35(45)46)37(5,6)30(38)13-16-40(31,39)9/h28-32,34,42H,1,10-26H2,2-9H3,(H,45,46)/t28-,29+,30-,31+,32-,34+,38-,39+,40+,41-/m0/s1. The van der Waals surface area contributed by atoms with Crippen molar-refractivity contribution in [1.29, 1.82) is 0 Å². The van der Waals surface area contributed by atoms with E-state index in [9.17, 15) is 23.1 Å². The van der Waals surface area contributed by atoms with Crippen LogP contribution in [0.5, 0.6) is 0 Å². The van der Waals surface area contributed by atoms with Gasteiger partial charge in [0.1, 0.15) is 6.10 Å². The normalized spacial score (nSPS) is 43.8. The Hall–Kier alpha value is -1.45. The van der Waals surface area contributed by atoms with Gasteiger partial charge in [-0.1, -0.05) is 46.8 Å². The molecule has 2 N–H and O–H groups in total. The van der Waals surface area contributed by atoms with Gasteiger partial charge in [0.2, 0.25) is 0 Å². The van der Waals surface area contributed by atoms with Gasteiger partial charge in [-0.05, 0) is 131 Å². The van der Waals surface area contributed by atoms with Crippen molar-refractivity contribution in [2.45, 2.75) is 138 Å². The fourth-order valence-corrected chi connectivity index (χ4v) is 15.0. The summed E-state index contributed by atoms with van der Waals surface area (Å²) in [4.78, 5) is 27.1. The van der Waals surface area contributed by atoms with Gasteiger partial charge in [0.15, 0.2) is 9.84 Å². The molecule has 50 heavy (non-hydrogen) atoms. The Kier molecular flexibility index (Phi) is 9.84. The first-order chi connectivity index (χ1) is 23.1. The summed E-state index contributed by atoms with van der Waals surface area (Å²) >= 11 is 0. The number of carbonyl (C=O) groups excluding carboxylic acids is 1. The van der Waals surface area contributed by atoms with Crippen LogP contribution >= 0.6 is 0 Å². The molecule has 0 spiro atoms. The second-order valence-corrected chi connectivity index (χ2v) is 22.3. The number of sulfone groups is 1. The van der Waals surface area contributed by atoms with E-state index in [2.05, 4.69) is 58.3 Å². The van der Waals surface area contributed by atoms with Gasteiger partial charge in [0, 0.05) is 37.1 Å². The summed E-state index contributed by atoms with van der Waals surface area (Å²) in [5.41, 5.74) is 0.753. The topological polar surface area (TPSA) is 113 Å². The van der Waals surface area contributed by atoms with Gasteiger partial charge in [0.25, 0.3) is 0 Å². The number of carboxylic acids is 1. The third kappa shape index (κ3) is 6.13. The highest BCUT2D eigenvalue weighted by atomic mass is 32.2.